The monoisotopic (exact) mass is 373 g/mol. The molecular weight excluding hydrogens is 338 g/mol. The summed E-state index contributed by atoms with van der Waals surface area (Å²) in [4.78, 5) is 21.4. The Morgan fingerprint density at radius 3 is 2.33 bits per heavy atom. The summed E-state index contributed by atoms with van der Waals surface area (Å²) in [6.45, 7) is 14.8. The van der Waals surface area contributed by atoms with E-state index in [-0.39, 0.29) is 11.3 Å². The molecule has 2 rings (SSSR count). The van der Waals surface area contributed by atoms with Crippen LogP contribution in [-0.4, -0.2) is 67.5 Å². The Balaban J connectivity index is 1.80. The number of nitrogens with one attached hydrogen (secondary N) is 2. The smallest absolute Gasteiger partial charge is 0.225 e. The van der Waals surface area contributed by atoms with Gasteiger partial charge in [-0.25, -0.2) is 0 Å². The molecule has 1 amide bonds. The number of nitrogens with zero attached hydrogens (tertiary/aromatic N) is 3. The van der Waals surface area contributed by atoms with Crippen molar-refractivity contribution in [2.45, 2.75) is 34.2 Å². The second-order valence-corrected chi connectivity index (χ2v) is 7.99. The maximum Gasteiger partial charge on any atom is 0.225 e. The van der Waals surface area contributed by atoms with Crippen LogP contribution in [0.2, 0.25) is 0 Å². The van der Waals surface area contributed by atoms with Crippen molar-refractivity contribution in [3.8, 4) is 0 Å². The summed E-state index contributed by atoms with van der Waals surface area (Å²) in [5, 5.41) is 6.34. The number of piperazine rings is 1. The molecular formula is C21H35N5O. The van der Waals surface area contributed by atoms with Crippen LogP contribution in [0.25, 0.3) is 0 Å². The van der Waals surface area contributed by atoms with Crippen LogP contribution >= 0.6 is 0 Å². The van der Waals surface area contributed by atoms with Gasteiger partial charge < -0.3 is 15.5 Å². The number of carbonyl (C=O) groups excluding carboxylic acids is 1. The van der Waals surface area contributed by atoms with Crippen molar-refractivity contribution in [3.63, 3.8) is 0 Å². The summed E-state index contributed by atoms with van der Waals surface area (Å²) in [5.74, 6) is 1.01. The molecule has 1 saturated heterocycles. The van der Waals surface area contributed by atoms with E-state index in [4.69, 9.17) is 4.99 Å². The maximum absolute atomic E-state index is 11.9. The lowest BCUT2D eigenvalue weighted by Crippen LogP contribution is -2.52. The zero-order chi connectivity index (χ0) is 19.7. The standard InChI is InChI=1S/C21H35N5O/c1-5-22-20(24-12-11-23-19(27)21(2,3)4)26-15-13-25(14-16-26)17-18-9-7-6-8-10-18/h6-10H,5,11-17H2,1-4H3,(H,22,24)(H,23,27). The molecule has 0 aliphatic carbocycles. The van der Waals surface area contributed by atoms with Crippen molar-refractivity contribution in [2.75, 3.05) is 45.8 Å². The molecule has 1 heterocycles. The molecule has 0 unspecified atom stereocenters. The lowest BCUT2D eigenvalue weighted by molar-refractivity contribution is -0.128. The van der Waals surface area contributed by atoms with Crippen LogP contribution in [0.4, 0.5) is 0 Å². The van der Waals surface area contributed by atoms with Crippen LogP contribution < -0.4 is 10.6 Å². The molecule has 0 radical (unpaired) electrons. The van der Waals surface area contributed by atoms with E-state index in [9.17, 15) is 4.79 Å². The molecule has 6 nitrogen and oxygen atoms in total. The van der Waals surface area contributed by atoms with Crippen molar-refractivity contribution in [1.29, 1.82) is 0 Å². The molecule has 1 fully saturated rings. The first kappa shape index (κ1) is 21.2. The molecule has 0 bridgehead atoms. The SMILES string of the molecule is CCNC(=NCCNC(=O)C(C)(C)C)N1CCN(Cc2ccccc2)CC1. The molecule has 1 aromatic carbocycles. The number of carbonyl (C=O) groups is 1. The lowest BCUT2D eigenvalue weighted by Gasteiger charge is -2.36. The van der Waals surface area contributed by atoms with Gasteiger partial charge in [0.1, 0.15) is 0 Å². The highest BCUT2D eigenvalue weighted by molar-refractivity contribution is 5.81. The molecule has 0 saturated carbocycles. The Morgan fingerprint density at radius 1 is 1.07 bits per heavy atom. The average molecular weight is 374 g/mol. The van der Waals surface area contributed by atoms with Crippen LogP contribution in [0.5, 0.6) is 0 Å². The second kappa shape index (κ2) is 10.3. The predicted octanol–water partition coefficient (Wildman–Crippen LogP) is 1.93. The third kappa shape index (κ3) is 7.21. The van der Waals surface area contributed by atoms with E-state index in [1.165, 1.54) is 5.56 Å². The van der Waals surface area contributed by atoms with Crippen LogP contribution in [0.1, 0.15) is 33.3 Å². The van der Waals surface area contributed by atoms with Crippen LogP contribution in [0.3, 0.4) is 0 Å². The summed E-state index contributed by atoms with van der Waals surface area (Å²) in [6.07, 6.45) is 0. The summed E-state index contributed by atoms with van der Waals surface area (Å²) >= 11 is 0. The van der Waals surface area contributed by atoms with Gasteiger partial charge in [-0.15, -0.1) is 0 Å². The summed E-state index contributed by atoms with van der Waals surface area (Å²) in [5.41, 5.74) is 1.00. The van der Waals surface area contributed by atoms with Gasteiger partial charge in [-0.3, -0.25) is 14.7 Å². The van der Waals surface area contributed by atoms with Gasteiger partial charge in [0.05, 0.1) is 6.54 Å². The lowest BCUT2D eigenvalue weighted by atomic mass is 9.96. The van der Waals surface area contributed by atoms with Crippen molar-refractivity contribution in [2.24, 2.45) is 10.4 Å². The second-order valence-electron chi connectivity index (χ2n) is 7.99. The van der Waals surface area contributed by atoms with Crippen LogP contribution in [0.15, 0.2) is 35.3 Å². The first-order valence-electron chi connectivity index (χ1n) is 9.98. The third-order valence-corrected chi connectivity index (χ3v) is 4.60. The van der Waals surface area contributed by atoms with Crippen molar-refractivity contribution >= 4 is 11.9 Å². The molecule has 1 aliphatic heterocycles. The molecule has 0 spiro atoms. The molecule has 0 aromatic heterocycles. The number of rotatable bonds is 6. The van der Waals surface area contributed by atoms with Gasteiger partial charge in [0.25, 0.3) is 0 Å². The quantitative estimate of drug-likeness (QED) is 0.454. The summed E-state index contributed by atoms with van der Waals surface area (Å²) in [6, 6.07) is 10.6. The zero-order valence-corrected chi connectivity index (χ0v) is 17.3. The largest absolute Gasteiger partial charge is 0.357 e. The number of guanidine groups is 1. The third-order valence-electron chi connectivity index (χ3n) is 4.60. The van der Waals surface area contributed by atoms with E-state index in [0.717, 1.165) is 45.2 Å². The van der Waals surface area contributed by atoms with Gasteiger partial charge in [0, 0.05) is 51.2 Å². The first-order chi connectivity index (χ1) is 12.9. The highest BCUT2D eigenvalue weighted by Crippen LogP contribution is 2.12. The number of amides is 1. The van der Waals surface area contributed by atoms with Crippen LogP contribution in [0, 0.1) is 5.41 Å². The molecule has 6 heteroatoms. The van der Waals surface area contributed by atoms with Crippen molar-refractivity contribution < 1.29 is 4.79 Å². The van der Waals surface area contributed by atoms with Crippen LogP contribution in [-0.2, 0) is 11.3 Å². The van der Waals surface area contributed by atoms with E-state index in [0.29, 0.717) is 13.1 Å². The maximum atomic E-state index is 11.9. The fourth-order valence-corrected chi connectivity index (χ4v) is 2.98. The van der Waals surface area contributed by atoms with Gasteiger partial charge in [-0.05, 0) is 12.5 Å². The van der Waals surface area contributed by atoms with E-state index in [1.807, 2.05) is 20.8 Å². The van der Waals surface area contributed by atoms with E-state index >= 15 is 0 Å². The Bertz CT molecular complexity index is 601. The molecule has 1 aromatic rings. The molecule has 0 atom stereocenters. The van der Waals surface area contributed by atoms with Crippen molar-refractivity contribution in [3.05, 3.63) is 35.9 Å². The number of benzene rings is 1. The van der Waals surface area contributed by atoms with Gasteiger partial charge >= 0.3 is 0 Å². The normalized spacial score (nSPS) is 16.3. The van der Waals surface area contributed by atoms with Gasteiger partial charge in [-0.1, -0.05) is 51.1 Å². The Kier molecular flexibility index (Phi) is 8.10. The minimum Gasteiger partial charge on any atom is -0.357 e. The number of aliphatic imine (C=N–C) groups is 1. The molecule has 1 aliphatic rings. The number of hydrogen-bond donors (Lipinski definition) is 2. The summed E-state index contributed by atoms with van der Waals surface area (Å²) < 4.78 is 0. The predicted molar refractivity (Wildman–Crippen MR) is 112 cm³/mol. The first-order valence-corrected chi connectivity index (χ1v) is 9.98. The van der Waals surface area contributed by atoms with Gasteiger partial charge in [0.2, 0.25) is 5.91 Å². The Labute approximate surface area is 164 Å². The van der Waals surface area contributed by atoms with E-state index in [1.54, 1.807) is 0 Å². The Hall–Kier alpha value is -2.08. The highest BCUT2D eigenvalue weighted by atomic mass is 16.2. The zero-order valence-electron chi connectivity index (χ0n) is 17.3. The topological polar surface area (TPSA) is 60.0 Å². The highest BCUT2D eigenvalue weighted by Gasteiger charge is 2.21. The fourth-order valence-electron chi connectivity index (χ4n) is 2.98. The minimum atomic E-state index is -0.358. The molecule has 2 N–H and O–H groups in total. The molecule has 150 valence electrons. The fraction of sp³-hybridized carbons (Fsp3) is 0.619. The van der Waals surface area contributed by atoms with E-state index in [2.05, 4.69) is 57.7 Å². The van der Waals surface area contributed by atoms with E-state index < -0.39 is 0 Å². The average Bonchev–Trinajstić information content (AvgIpc) is 2.65. The van der Waals surface area contributed by atoms with Gasteiger partial charge in [-0.2, -0.15) is 0 Å². The van der Waals surface area contributed by atoms with Crippen molar-refractivity contribution in [1.82, 2.24) is 20.4 Å². The molecule has 27 heavy (non-hydrogen) atoms. The number of hydrogen-bond acceptors (Lipinski definition) is 3. The summed E-state index contributed by atoms with van der Waals surface area (Å²) in [7, 11) is 0. The van der Waals surface area contributed by atoms with Gasteiger partial charge in [0.15, 0.2) is 5.96 Å². The Morgan fingerprint density at radius 2 is 1.74 bits per heavy atom. The minimum absolute atomic E-state index is 0.0669.